The molecule has 0 aliphatic rings. The number of alkyl halides is 1. The van der Waals surface area contributed by atoms with Crippen LogP contribution in [0.15, 0.2) is 18.2 Å². The Morgan fingerprint density at radius 1 is 1.55 bits per heavy atom. The lowest BCUT2D eigenvalue weighted by Gasteiger charge is -2.10. The van der Waals surface area contributed by atoms with E-state index in [1.807, 2.05) is 0 Å². The Morgan fingerprint density at radius 2 is 2.25 bits per heavy atom. The summed E-state index contributed by atoms with van der Waals surface area (Å²) in [6, 6.07) is 4.53. The van der Waals surface area contributed by atoms with Crippen molar-refractivity contribution in [1.29, 1.82) is 0 Å². The van der Waals surface area contributed by atoms with Crippen molar-refractivity contribution in [3.05, 3.63) is 39.4 Å². The average molecular weight is 301 g/mol. The molecule has 6 nitrogen and oxygen atoms in total. The first kappa shape index (κ1) is 16.4. The first-order chi connectivity index (χ1) is 9.47. The number of nitrogens with one attached hydrogen (secondary N) is 1. The van der Waals surface area contributed by atoms with Gasteiger partial charge >= 0.3 is 0 Å². The number of hydrogen-bond donors (Lipinski definition) is 1. The van der Waals surface area contributed by atoms with Crippen LogP contribution in [0.2, 0.25) is 0 Å². The number of aryl methyl sites for hydroxylation is 1. The Morgan fingerprint density at radius 3 is 2.85 bits per heavy atom. The molecule has 0 saturated carbocycles. The maximum absolute atomic E-state index is 12.0. The standard InChI is InChI=1S/C13H17ClN2O4/c1-9-4-3-5-11(16(18)19)12(9)13(17)15-7-6-10(14)8-20-2/h3-5,10H,6-8H2,1-2H3,(H,15,17). The van der Waals surface area contributed by atoms with E-state index in [1.54, 1.807) is 26.2 Å². The summed E-state index contributed by atoms with van der Waals surface area (Å²) in [6.45, 7) is 2.39. The van der Waals surface area contributed by atoms with E-state index in [9.17, 15) is 14.9 Å². The van der Waals surface area contributed by atoms with Crippen molar-refractivity contribution < 1.29 is 14.5 Å². The minimum absolute atomic E-state index is 0.0929. The largest absolute Gasteiger partial charge is 0.383 e. The summed E-state index contributed by atoms with van der Waals surface area (Å²) < 4.78 is 4.88. The van der Waals surface area contributed by atoms with Crippen LogP contribution in [0.4, 0.5) is 5.69 Å². The zero-order chi connectivity index (χ0) is 15.1. The van der Waals surface area contributed by atoms with E-state index in [0.717, 1.165) is 0 Å². The molecule has 1 rings (SSSR count). The highest BCUT2D eigenvalue weighted by Gasteiger charge is 2.21. The van der Waals surface area contributed by atoms with Gasteiger partial charge in [0.15, 0.2) is 0 Å². The summed E-state index contributed by atoms with van der Waals surface area (Å²) in [4.78, 5) is 22.4. The SMILES string of the molecule is COCC(Cl)CCNC(=O)c1c(C)cccc1[N+](=O)[O-]. The zero-order valence-corrected chi connectivity index (χ0v) is 12.1. The van der Waals surface area contributed by atoms with Crippen molar-refractivity contribution >= 4 is 23.2 Å². The van der Waals surface area contributed by atoms with Crippen LogP contribution in [0.3, 0.4) is 0 Å². The van der Waals surface area contributed by atoms with Crippen LogP contribution < -0.4 is 5.32 Å². The van der Waals surface area contributed by atoms with Crippen molar-refractivity contribution in [3.8, 4) is 0 Å². The van der Waals surface area contributed by atoms with Crippen LogP contribution in [0, 0.1) is 17.0 Å². The van der Waals surface area contributed by atoms with Gasteiger partial charge < -0.3 is 10.1 Å². The Hall–Kier alpha value is -1.66. The fraction of sp³-hybridized carbons (Fsp3) is 0.462. The summed E-state index contributed by atoms with van der Waals surface area (Å²) in [5.41, 5.74) is 0.466. The van der Waals surface area contributed by atoms with Gasteiger partial charge in [0.25, 0.3) is 11.6 Å². The van der Waals surface area contributed by atoms with Crippen LogP contribution in [0.25, 0.3) is 0 Å². The summed E-state index contributed by atoms with van der Waals surface area (Å²) in [5.74, 6) is -0.462. The van der Waals surface area contributed by atoms with Crippen LogP contribution in [-0.4, -0.2) is 36.5 Å². The van der Waals surface area contributed by atoms with Crippen molar-refractivity contribution in [2.75, 3.05) is 20.3 Å². The number of carbonyl (C=O) groups is 1. The molecule has 1 atom stereocenters. The molecule has 0 aromatic heterocycles. The number of rotatable bonds is 7. The fourth-order valence-corrected chi connectivity index (χ4v) is 2.03. The summed E-state index contributed by atoms with van der Waals surface area (Å²) in [6.07, 6.45) is 0.529. The minimum atomic E-state index is -0.558. The van der Waals surface area contributed by atoms with E-state index in [0.29, 0.717) is 25.1 Å². The summed E-state index contributed by atoms with van der Waals surface area (Å²) in [5, 5.41) is 13.4. The Balaban J connectivity index is 2.71. The van der Waals surface area contributed by atoms with E-state index >= 15 is 0 Å². The van der Waals surface area contributed by atoms with Gasteiger partial charge in [-0.25, -0.2) is 0 Å². The quantitative estimate of drug-likeness (QED) is 0.476. The van der Waals surface area contributed by atoms with Gasteiger partial charge in [-0.3, -0.25) is 14.9 Å². The molecule has 1 aromatic rings. The first-order valence-corrected chi connectivity index (χ1v) is 6.56. The van der Waals surface area contributed by atoms with Gasteiger partial charge in [-0.1, -0.05) is 12.1 Å². The highest BCUT2D eigenvalue weighted by Crippen LogP contribution is 2.21. The summed E-state index contributed by atoms with van der Waals surface area (Å²) in [7, 11) is 1.55. The number of ether oxygens (including phenoxy) is 1. The van der Waals surface area contributed by atoms with E-state index in [4.69, 9.17) is 16.3 Å². The number of amides is 1. The molecule has 20 heavy (non-hydrogen) atoms. The Bertz CT molecular complexity index is 493. The second-order valence-corrected chi connectivity index (χ2v) is 4.94. The molecule has 0 spiro atoms. The number of hydrogen-bond acceptors (Lipinski definition) is 4. The van der Waals surface area contributed by atoms with Crippen LogP contribution >= 0.6 is 11.6 Å². The number of carbonyl (C=O) groups excluding carboxylic acids is 1. The van der Waals surface area contributed by atoms with Gasteiger partial charge in [0.05, 0.1) is 16.9 Å². The maximum atomic E-state index is 12.0. The lowest BCUT2D eigenvalue weighted by Crippen LogP contribution is -2.28. The number of nitro groups is 1. The normalized spacial score (nSPS) is 11.9. The number of benzene rings is 1. The average Bonchev–Trinajstić information content (AvgIpc) is 2.38. The fourth-order valence-electron chi connectivity index (χ4n) is 1.79. The second kappa shape index (κ2) is 7.81. The zero-order valence-electron chi connectivity index (χ0n) is 11.4. The van der Waals surface area contributed by atoms with Gasteiger partial charge in [0.2, 0.25) is 0 Å². The highest BCUT2D eigenvalue weighted by atomic mass is 35.5. The molecule has 0 aliphatic carbocycles. The van der Waals surface area contributed by atoms with Gasteiger partial charge in [-0.05, 0) is 18.9 Å². The lowest BCUT2D eigenvalue weighted by molar-refractivity contribution is -0.385. The van der Waals surface area contributed by atoms with Gasteiger partial charge in [0, 0.05) is 19.7 Å². The number of methoxy groups -OCH3 is 1. The first-order valence-electron chi connectivity index (χ1n) is 6.12. The number of nitrogens with zero attached hydrogens (tertiary/aromatic N) is 1. The predicted molar refractivity (Wildman–Crippen MR) is 76.3 cm³/mol. The third-order valence-corrected chi connectivity index (χ3v) is 3.11. The van der Waals surface area contributed by atoms with Crippen molar-refractivity contribution in [2.45, 2.75) is 18.7 Å². The molecule has 110 valence electrons. The van der Waals surface area contributed by atoms with E-state index in [2.05, 4.69) is 5.32 Å². The van der Waals surface area contributed by atoms with Gasteiger partial charge in [0.1, 0.15) is 5.56 Å². The molecule has 0 aliphatic heterocycles. The van der Waals surface area contributed by atoms with Crippen molar-refractivity contribution in [2.24, 2.45) is 0 Å². The maximum Gasteiger partial charge on any atom is 0.282 e. The molecule has 0 fully saturated rings. The highest BCUT2D eigenvalue weighted by molar-refractivity contribution is 6.20. The predicted octanol–water partition coefficient (Wildman–Crippen LogP) is 2.28. The van der Waals surface area contributed by atoms with Crippen molar-refractivity contribution in [1.82, 2.24) is 5.32 Å². The van der Waals surface area contributed by atoms with Crippen LogP contribution in [0.1, 0.15) is 22.3 Å². The molecular formula is C13H17ClN2O4. The van der Waals surface area contributed by atoms with Crippen LogP contribution in [0.5, 0.6) is 0 Å². The monoisotopic (exact) mass is 300 g/mol. The molecule has 0 heterocycles. The lowest BCUT2D eigenvalue weighted by atomic mass is 10.1. The third-order valence-electron chi connectivity index (χ3n) is 2.77. The smallest absolute Gasteiger partial charge is 0.282 e. The molecule has 0 bridgehead atoms. The van der Waals surface area contributed by atoms with E-state index < -0.39 is 10.8 Å². The summed E-state index contributed by atoms with van der Waals surface area (Å²) >= 11 is 5.94. The molecule has 1 amide bonds. The molecule has 1 N–H and O–H groups in total. The number of nitro benzene ring substituents is 1. The Labute approximate surface area is 122 Å². The molecule has 0 radical (unpaired) electrons. The van der Waals surface area contributed by atoms with E-state index in [-0.39, 0.29) is 16.6 Å². The van der Waals surface area contributed by atoms with Crippen LogP contribution in [-0.2, 0) is 4.74 Å². The number of halogens is 1. The topological polar surface area (TPSA) is 81.5 Å². The minimum Gasteiger partial charge on any atom is -0.383 e. The van der Waals surface area contributed by atoms with Crippen molar-refractivity contribution in [3.63, 3.8) is 0 Å². The molecule has 1 unspecified atom stereocenters. The molecule has 7 heteroatoms. The molecule has 1 aromatic carbocycles. The third kappa shape index (κ3) is 4.47. The van der Waals surface area contributed by atoms with Gasteiger partial charge in [-0.15, -0.1) is 11.6 Å². The van der Waals surface area contributed by atoms with E-state index in [1.165, 1.54) is 6.07 Å². The Kier molecular flexibility index (Phi) is 6.41. The van der Waals surface area contributed by atoms with Gasteiger partial charge in [-0.2, -0.15) is 0 Å². The second-order valence-electron chi connectivity index (χ2n) is 4.32. The molecule has 0 saturated heterocycles. The molecular weight excluding hydrogens is 284 g/mol.